The zero-order valence-corrected chi connectivity index (χ0v) is 29.1. The molecule has 4 rings (SSSR count). The van der Waals surface area contributed by atoms with Crippen molar-refractivity contribution < 1.29 is 33.3 Å². The van der Waals surface area contributed by atoms with Gasteiger partial charge in [0.25, 0.3) is 5.56 Å². The number of rotatable bonds is 11. The van der Waals surface area contributed by atoms with Crippen LogP contribution in [0.2, 0.25) is 0 Å². The number of ether oxygens (including phenoxy) is 5. The number of hydrogen-bond donors (Lipinski definition) is 0. The number of benzene rings is 2. The second-order valence-corrected chi connectivity index (χ2v) is 12.6. The molecule has 0 amide bonds. The van der Waals surface area contributed by atoms with Gasteiger partial charge >= 0.3 is 11.9 Å². The molecule has 44 heavy (non-hydrogen) atoms. The molecule has 0 aliphatic carbocycles. The number of halogens is 2. The maximum absolute atomic E-state index is 14.1. The van der Waals surface area contributed by atoms with Gasteiger partial charge in [-0.25, -0.2) is 14.6 Å². The number of allylic oxidation sites excluding steroid dienone is 1. The van der Waals surface area contributed by atoms with Gasteiger partial charge in [-0.3, -0.25) is 9.36 Å². The summed E-state index contributed by atoms with van der Waals surface area (Å²) in [6, 6.07) is 8.01. The van der Waals surface area contributed by atoms with E-state index in [1.807, 2.05) is 13.8 Å². The number of nitrogens with zero attached hydrogens (tertiary/aromatic N) is 2. The molecule has 2 aromatic carbocycles. The van der Waals surface area contributed by atoms with Crippen molar-refractivity contribution in [2.75, 3.05) is 26.9 Å². The van der Waals surface area contributed by atoms with Crippen LogP contribution in [-0.4, -0.2) is 49.5 Å². The third-order valence-corrected chi connectivity index (χ3v) is 8.38. The molecule has 0 saturated carbocycles. The SMILES string of the molecule is CCOC(=O)COc1c(Br)cc(Br)cc1/C=c1/sc2n(c1=O)[C@H](c1ccc(OC(C)C)c(OC)c1)C(C(=O)OCC)=C(C)N=2. The van der Waals surface area contributed by atoms with Crippen LogP contribution in [0.15, 0.2) is 60.3 Å². The van der Waals surface area contributed by atoms with Crippen molar-refractivity contribution in [3.63, 3.8) is 0 Å². The third-order valence-electron chi connectivity index (χ3n) is 6.35. The quantitative estimate of drug-likeness (QED) is 0.250. The number of fused-ring (bicyclic) bond motifs is 1. The van der Waals surface area contributed by atoms with Crippen LogP contribution in [0.25, 0.3) is 6.08 Å². The smallest absolute Gasteiger partial charge is 0.344 e. The van der Waals surface area contributed by atoms with Gasteiger partial charge in [-0.15, -0.1) is 0 Å². The van der Waals surface area contributed by atoms with Crippen LogP contribution >= 0.6 is 43.2 Å². The van der Waals surface area contributed by atoms with Crippen LogP contribution in [0.1, 0.15) is 51.8 Å². The molecule has 0 N–H and O–H groups in total. The summed E-state index contributed by atoms with van der Waals surface area (Å²) in [5.41, 5.74) is 1.46. The number of thiazole rings is 1. The van der Waals surface area contributed by atoms with Gasteiger partial charge in [0.15, 0.2) is 22.9 Å². The largest absolute Gasteiger partial charge is 0.493 e. The Morgan fingerprint density at radius 1 is 1.09 bits per heavy atom. The molecule has 1 aliphatic heterocycles. The first kappa shape index (κ1) is 33.5. The first-order valence-corrected chi connectivity index (χ1v) is 16.2. The fraction of sp³-hybridized carbons (Fsp3) is 0.355. The van der Waals surface area contributed by atoms with Crippen LogP contribution in [-0.2, 0) is 19.1 Å². The standard InChI is InChI=1S/C31H32Br2N2O8S/c1-7-40-25(36)15-42-28-19(11-20(32)14-21(28)33)13-24-29(37)35-27(18-9-10-22(43-16(3)4)23(12-18)39-6)26(30(38)41-8-2)17(5)34-31(35)44-24/h9-14,16,27H,7-8,15H2,1-6H3/b24-13+/t27-/m1/s1. The summed E-state index contributed by atoms with van der Waals surface area (Å²) in [6.45, 7) is 9.05. The summed E-state index contributed by atoms with van der Waals surface area (Å²) in [6.07, 6.45) is 1.58. The van der Waals surface area contributed by atoms with E-state index < -0.39 is 18.0 Å². The minimum Gasteiger partial charge on any atom is -0.493 e. The van der Waals surface area contributed by atoms with Gasteiger partial charge in [0, 0.05) is 10.0 Å². The number of hydrogen-bond acceptors (Lipinski definition) is 10. The lowest BCUT2D eigenvalue weighted by atomic mass is 9.95. The van der Waals surface area contributed by atoms with Crippen LogP contribution < -0.4 is 29.1 Å². The Hall–Kier alpha value is -3.42. The van der Waals surface area contributed by atoms with Crippen LogP contribution in [0.3, 0.4) is 0 Å². The van der Waals surface area contributed by atoms with Crippen LogP contribution in [0, 0.1) is 0 Å². The molecule has 1 atom stereocenters. The van der Waals surface area contributed by atoms with Gasteiger partial charge in [-0.2, -0.15) is 0 Å². The fourth-order valence-electron chi connectivity index (χ4n) is 4.63. The van der Waals surface area contributed by atoms with E-state index in [0.717, 1.165) is 4.47 Å². The molecule has 13 heteroatoms. The van der Waals surface area contributed by atoms with Crippen molar-refractivity contribution in [1.82, 2.24) is 4.57 Å². The van der Waals surface area contributed by atoms with E-state index in [4.69, 9.17) is 23.7 Å². The van der Waals surface area contributed by atoms with Crippen molar-refractivity contribution in [3.05, 3.63) is 81.4 Å². The predicted molar refractivity (Wildman–Crippen MR) is 173 cm³/mol. The van der Waals surface area contributed by atoms with Gasteiger partial charge in [0.2, 0.25) is 0 Å². The van der Waals surface area contributed by atoms with Crippen molar-refractivity contribution in [1.29, 1.82) is 0 Å². The number of carbonyl (C=O) groups excluding carboxylic acids is 2. The highest BCUT2D eigenvalue weighted by Crippen LogP contribution is 2.37. The summed E-state index contributed by atoms with van der Waals surface area (Å²) in [4.78, 5) is 44.5. The van der Waals surface area contributed by atoms with E-state index in [-0.39, 0.29) is 37.1 Å². The maximum atomic E-state index is 14.1. The Labute approximate surface area is 275 Å². The Morgan fingerprint density at radius 3 is 2.48 bits per heavy atom. The average molecular weight is 752 g/mol. The molecular weight excluding hydrogens is 720 g/mol. The minimum absolute atomic E-state index is 0.0890. The van der Waals surface area contributed by atoms with Crippen molar-refractivity contribution in [3.8, 4) is 17.2 Å². The van der Waals surface area contributed by atoms with E-state index in [0.29, 0.717) is 47.9 Å². The summed E-state index contributed by atoms with van der Waals surface area (Å²) in [5.74, 6) is 0.263. The first-order valence-electron chi connectivity index (χ1n) is 13.8. The van der Waals surface area contributed by atoms with Crippen LogP contribution in [0.4, 0.5) is 0 Å². The number of carbonyl (C=O) groups is 2. The first-order chi connectivity index (χ1) is 21.0. The van der Waals surface area contributed by atoms with Crippen molar-refractivity contribution in [2.45, 2.75) is 46.8 Å². The minimum atomic E-state index is -0.844. The molecular formula is C31H32Br2N2O8S. The van der Waals surface area contributed by atoms with E-state index in [1.54, 1.807) is 57.2 Å². The highest BCUT2D eigenvalue weighted by Gasteiger charge is 2.34. The van der Waals surface area contributed by atoms with Crippen LogP contribution in [0.5, 0.6) is 17.2 Å². The third kappa shape index (κ3) is 7.27. The Kier molecular flexibility index (Phi) is 11.1. The second-order valence-electron chi connectivity index (χ2n) is 9.78. The van der Waals surface area contributed by atoms with Gasteiger partial charge in [-0.05, 0) is 86.5 Å². The predicted octanol–water partition coefficient (Wildman–Crippen LogP) is 5.06. The van der Waals surface area contributed by atoms with E-state index in [1.165, 1.54) is 23.0 Å². The normalized spacial score (nSPS) is 14.7. The van der Waals surface area contributed by atoms with E-state index >= 15 is 0 Å². The summed E-state index contributed by atoms with van der Waals surface area (Å²) >= 11 is 8.15. The van der Waals surface area contributed by atoms with Gasteiger partial charge in [-0.1, -0.05) is 33.3 Å². The molecule has 10 nitrogen and oxygen atoms in total. The molecule has 3 aromatic rings. The number of methoxy groups -OCH3 is 1. The van der Waals surface area contributed by atoms with Gasteiger partial charge in [0.05, 0.1) is 52.7 Å². The van der Waals surface area contributed by atoms with E-state index in [9.17, 15) is 14.4 Å². The molecule has 0 spiro atoms. The highest BCUT2D eigenvalue weighted by molar-refractivity contribution is 9.11. The molecule has 0 fully saturated rings. The lowest BCUT2D eigenvalue weighted by Crippen LogP contribution is -2.40. The monoisotopic (exact) mass is 750 g/mol. The highest BCUT2D eigenvalue weighted by atomic mass is 79.9. The number of aromatic nitrogens is 1. The van der Waals surface area contributed by atoms with E-state index in [2.05, 4.69) is 36.9 Å². The topological polar surface area (TPSA) is 115 Å². The molecule has 2 heterocycles. The molecule has 1 aromatic heterocycles. The second kappa shape index (κ2) is 14.6. The zero-order valence-electron chi connectivity index (χ0n) is 25.1. The average Bonchev–Trinajstić information content (AvgIpc) is 3.25. The Bertz CT molecular complexity index is 1790. The summed E-state index contributed by atoms with van der Waals surface area (Å²) < 4.78 is 30.8. The molecule has 0 saturated heterocycles. The Morgan fingerprint density at radius 2 is 1.82 bits per heavy atom. The lowest BCUT2D eigenvalue weighted by Gasteiger charge is -2.25. The summed E-state index contributed by atoms with van der Waals surface area (Å²) in [5, 5.41) is 0. The Balaban J connectivity index is 1.92. The molecule has 234 valence electrons. The summed E-state index contributed by atoms with van der Waals surface area (Å²) in [7, 11) is 1.53. The van der Waals surface area contributed by atoms with Crippen molar-refractivity contribution in [2.24, 2.45) is 4.99 Å². The zero-order chi connectivity index (χ0) is 32.1. The molecule has 0 unspecified atom stereocenters. The molecule has 0 radical (unpaired) electrons. The van der Waals surface area contributed by atoms with Gasteiger partial charge in [0.1, 0.15) is 5.75 Å². The maximum Gasteiger partial charge on any atom is 0.344 e. The number of esters is 2. The fourth-order valence-corrected chi connectivity index (χ4v) is 7.04. The lowest BCUT2D eigenvalue weighted by molar-refractivity contribution is -0.145. The molecule has 0 bridgehead atoms. The van der Waals surface area contributed by atoms with Gasteiger partial charge < -0.3 is 23.7 Å². The van der Waals surface area contributed by atoms with Crippen molar-refractivity contribution >= 4 is 61.2 Å². The molecule has 1 aliphatic rings.